The van der Waals surface area contributed by atoms with E-state index >= 15 is 0 Å². The molecule has 0 aliphatic rings. The fourth-order valence-corrected chi connectivity index (χ4v) is 6.90. The Morgan fingerprint density at radius 1 is 0.571 bits per heavy atom. The van der Waals surface area contributed by atoms with Crippen LogP contribution in [-0.2, 0) is 9.59 Å². The Labute approximate surface area is 379 Å². The van der Waals surface area contributed by atoms with Gasteiger partial charge in [-0.25, -0.2) is 19.6 Å². The van der Waals surface area contributed by atoms with Crippen LogP contribution in [0.1, 0.15) is 92.7 Å². The van der Waals surface area contributed by atoms with E-state index in [2.05, 4.69) is 45.0 Å². The SMILES string of the molecule is CCCCC(Oc1ccc(OCC(=O)O)c(C)c1)c1cccc(-c2ccc(C)cc2)n1.CCCCC(Oc1ccc(OCC(=O)O)c(C)c1)c1cccc(-c2ccc(Cl)c(Cl)c2)n1. The van der Waals surface area contributed by atoms with Crippen molar-refractivity contribution in [1.29, 1.82) is 0 Å². The van der Waals surface area contributed by atoms with Crippen LogP contribution in [0, 0.1) is 20.8 Å². The number of ether oxygens (including phenoxy) is 4. The number of hydrogen-bond acceptors (Lipinski definition) is 8. The molecule has 330 valence electrons. The minimum atomic E-state index is -1.02. The number of halogens is 2. The lowest BCUT2D eigenvalue weighted by molar-refractivity contribution is -0.140. The lowest BCUT2D eigenvalue weighted by Crippen LogP contribution is -2.11. The van der Waals surface area contributed by atoms with Gasteiger partial charge in [0.1, 0.15) is 35.2 Å². The average molecular weight is 894 g/mol. The van der Waals surface area contributed by atoms with Crippen LogP contribution in [-0.4, -0.2) is 45.3 Å². The molecule has 2 N–H and O–H groups in total. The number of hydrogen-bond donors (Lipinski definition) is 2. The highest BCUT2D eigenvalue weighted by molar-refractivity contribution is 6.42. The van der Waals surface area contributed by atoms with Crippen molar-refractivity contribution in [2.75, 3.05) is 13.2 Å². The monoisotopic (exact) mass is 892 g/mol. The third kappa shape index (κ3) is 14.8. The predicted molar refractivity (Wildman–Crippen MR) is 249 cm³/mol. The minimum Gasteiger partial charge on any atom is -0.484 e. The van der Waals surface area contributed by atoms with Crippen LogP contribution in [0.2, 0.25) is 10.0 Å². The second-order valence-corrected chi connectivity index (χ2v) is 15.9. The summed E-state index contributed by atoms with van der Waals surface area (Å²) in [6.45, 7) is 9.35. The fraction of sp³-hybridized carbons (Fsp3) is 0.294. The van der Waals surface area contributed by atoms with Gasteiger partial charge in [-0.15, -0.1) is 0 Å². The Kier molecular flexibility index (Phi) is 18.2. The summed E-state index contributed by atoms with van der Waals surface area (Å²) in [6.07, 6.45) is 5.38. The molecular formula is C51H54Cl2N2O8. The van der Waals surface area contributed by atoms with Gasteiger partial charge in [-0.2, -0.15) is 0 Å². The minimum absolute atomic E-state index is 0.171. The van der Waals surface area contributed by atoms with Crippen molar-refractivity contribution in [2.24, 2.45) is 0 Å². The molecule has 0 aliphatic carbocycles. The maximum atomic E-state index is 10.7. The zero-order chi connectivity index (χ0) is 45.3. The summed E-state index contributed by atoms with van der Waals surface area (Å²) in [7, 11) is 0. The number of carboxylic acids is 2. The third-order valence-electron chi connectivity index (χ3n) is 9.96. The van der Waals surface area contributed by atoms with Crippen molar-refractivity contribution in [3.8, 4) is 45.5 Å². The fourth-order valence-electron chi connectivity index (χ4n) is 6.60. The summed E-state index contributed by atoms with van der Waals surface area (Å²) >= 11 is 12.2. The van der Waals surface area contributed by atoms with Gasteiger partial charge in [0.25, 0.3) is 0 Å². The predicted octanol–water partition coefficient (Wildman–Crippen LogP) is 13.3. The van der Waals surface area contributed by atoms with Gasteiger partial charge in [0.2, 0.25) is 0 Å². The summed E-state index contributed by atoms with van der Waals surface area (Å²) in [5.74, 6) is 0.428. The first-order valence-electron chi connectivity index (χ1n) is 21.0. The molecule has 6 aromatic rings. The molecule has 0 spiro atoms. The van der Waals surface area contributed by atoms with Crippen molar-refractivity contribution in [1.82, 2.24) is 9.97 Å². The van der Waals surface area contributed by atoms with Crippen molar-refractivity contribution in [3.05, 3.63) is 153 Å². The summed E-state index contributed by atoms with van der Waals surface area (Å²) in [6, 6.07) is 36.5. The molecule has 0 bridgehead atoms. The van der Waals surface area contributed by atoms with E-state index in [1.54, 1.807) is 30.3 Å². The highest BCUT2D eigenvalue weighted by atomic mass is 35.5. The molecule has 0 saturated carbocycles. The first-order chi connectivity index (χ1) is 30.3. The second kappa shape index (κ2) is 23.9. The van der Waals surface area contributed by atoms with E-state index in [-0.39, 0.29) is 25.4 Å². The largest absolute Gasteiger partial charge is 0.484 e. The molecule has 2 aromatic heterocycles. The highest BCUT2D eigenvalue weighted by Crippen LogP contribution is 2.33. The van der Waals surface area contributed by atoms with Crippen LogP contribution in [0.15, 0.2) is 115 Å². The van der Waals surface area contributed by atoms with Gasteiger partial charge in [-0.1, -0.05) is 97.9 Å². The standard InChI is InChI=1S/C26H29NO4.C25H25Cl2NO4/c1-4-5-9-25(31-21-14-15-24(19(3)16-21)30-17-26(28)29)23-8-6-7-22(27-23)20-12-10-18(2)11-13-20;1-3-4-8-24(32-18-10-12-23(16(2)13-18)31-15-25(29)30)22-7-5-6-21(28-22)17-9-11-19(26)20(27)14-17/h6-8,10-16,25H,4-5,9,17H2,1-3H3,(H,28,29);5-7,9-14,24H,3-4,8,15H2,1-2H3,(H,29,30). The highest BCUT2D eigenvalue weighted by Gasteiger charge is 2.19. The molecule has 2 atom stereocenters. The van der Waals surface area contributed by atoms with Crippen LogP contribution >= 0.6 is 23.2 Å². The summed E-state index contributed by atoms with van der Waals surface area (Å²) < 4.78 is 23.3. The number of aromatic nitrogens is 2. The van der Waals surface area contributed by atoms with E-state index in [9.17, 15) is 9.59 Å². The molecule has 0 amide bonds. The second-order valence-electron chi connectivity index (χ2n) is 15.1. The Hall–Kier alpha value is -6.10. The quantitative estimate of drug-likeness (QED) is 0.0762. The number of rotatable bonds is 20. The van der Waals surface area contributed by atoms with Crippen molar-refractivity contribution < 1.29 is 38.7 Å². The van der Waals surface area contributed by atoms with Gasteiger partial charge < -0.3 is 29.2 Å². The van der Waals surface area contributed by atoms with E-state index in [1.807, 2.05) is 74.5 Å². The Morgan fingerprint density at radius 2 is 1.03 bits per heavy atom. The molecule has 0 fully saturated rings. The molecule has 6 rings (SSSR count). The van der Waals surface area contributed by atoms with Crippen LogP contribution in [0.5, 0.6) is 23.0 Å². The topological polar surface area (TPSA) is 137 Å². The maximum absolute atomic E-state index is 10.7. The molecule has 63 heavy (non-hydrogen) atoms. The lowest BCUT2D eigenvalue weighted by atomic mass is 10.1. The number of aliphatic carboxylic acids is 2. The Morgan fingerprint density at radius 3 is 1.46 bits per heavy atom. The van der Waals surface area contributed by atoms with Crippen LogP contribution in [0.4, 0.5) is 0 Å². The zero-order valence-electron chi connectivity index (χ0n) is 36.3. The number of benzene rings is 4. The van der Waals surface area contributed by atoms with Gasteiger partial charge in [0.05, 0.1) is 32.8 Å². The van der Waals surface area contributed by atoms with E-state index in [0.717, 1.165) is 83.6 Å². The van der Waals surface area contributed by atoms with Crippen LogP contribution < -0.4 is 18.9 Å². The normalized spacial score (nSPS) is 11.7. The number of pyridine rings is 2. The van der Waals surface area contributed by atoms with Gasteiger partial charge >= 0.3 is 11.9 Å². The van der Waals surface area contributed by atoms with E-state index in [4.69, 9.17) is 62.3 Å². The number of unbranched alkanes of at least 4 members (excludes halogenated alkanes) is 2. The molecule has 0 radical (unpaired) electrons. The molecule has 2 unspecified atom stereocenters. The first kappa shape index (κ1) is 47.9. The molecule has 12 heteroatoms. The molecule has 10 nitrogen and oxygen atoms in total. The van der Waals surface area contributed by atoms with Crippen LogP contribution in [0.25, 0.3) is 22.5 Å². The first-order valence-corrected chi connectivity index (χ1v) is 21.8. The molecule has 0 aliphatic heterocycles. The summed E-state index contributed by atoms with van der Waals surface area (Å²) in [5.41, 5.74) is 8.25. The third-order valence-corrected chi connectivity index (χ3v) is 10.7. The maximum Gasteiger partial charge on any atom is 0.341 e. The van der Waals surface area contributed by atoms with E-state index in [1.165, 1.54) is 5.56 Å². The van der Waals surface area contributed by atoms with Gasteiger partial charge in [0.15, 0.2) is 13.2 Å². The zero-order valence-corrected chi connectivity index (χ0v) is 37.8. The number of aryl methyl sites for hydroxylation is 3. The molecular weight excluding hydrogens is 839 g/mol. The van der Waals surface area contributed by atoms with E-state index in [0.29, 0.717) is 33.0 Å². The van der Waals surface area contributed by atoms with Crippen molar-refractivity contribution in [3.63, 3.8) is 0 Å². The van der Waals surface area contributed by atoms with Crippen molar-refractivity contribution >= 4 is 35.1 Å². The molecule has 0 saturated heterocycles. The average Bonchev–Trinajstić information content (AvgIpc) is 3.27. The lowest BCUT2D eigenvalue weighted by Gasteiger charge is -2.20. The van der Waals surface area contributed by atoms with Crippen LogP contribution in [0.3, 0.4) is 0 Å². The van der Waals surface area contributed by atoms with Gasteiger partial charge in [0, 0.05) is 11.1 Å². The smallest absolute Gasteiger partial charge is 0.341 e. The Balaban J connectivity index is 0.000000238. The molecule has 4 aromatic carbocycles. The number of carbonyl (C=O) groups is 2. The number of nitrogens with zero attached hydrogens (tertiary/aromatic N) is 2. The number of carboxylic acid groups (broad SMARTS) is 2. The van der Waals surface area contributed by atoms with Gasteiger partial charge in [-0.05, 0) is 130 Å². The van der Waals surface area contributed by atoms with E-state index < -0.39 is 11.9 Å². The summed E-state index contributed by atoms with van der Waals surface area (Å²) in [4.78, 5) is 31.2. The van der Waals surface area contributed by atoms with Crippen molar-refractivity contribution in [2.45, 2.75) is 85.4 Å². The Bertz CT molecular complexity index is 2440. The van der Waals surface area contributed by atoms with Gasteiger partial charge in [-0.3, -0.25) is 0 Å². The molecule has 2 heterocycles. The summed E-state index contributed by atoms with van der Waals surface area (Å²) in [5, 5.41) is 18.6.